The summed E-state index contributed by atoms with van der Waals surface area (Å²) in [5.74, 6) is 1.08. The quantitative estimate of drug-likeness (QED) is 0.698. The summed E-state index contributed by atoms with van der Waals surface area (Å²) in [5, 5.41) is 0. The van der Waals surface area contributed by atoms with E-state index in [1.807, 2.05) is 0 Å². The van der Waals surface area contributed by atoms with Crippen molar-refractivity contribution in [3.63, 3.8) is 0 Å². The van der Waals surface area contributed by atoms with Gasteiger partial charge in [-0.25, -0.2) is 8.42 Å². The molecular weight excluding hydrogens is 248 g/mol. The number of nitrogens with zero attached hydrogens (tertiary/aromatic N) is 2. The molecule has 0 aromatic rings. The Morgan fingerprint density at radius 1 is 1.00 bits per heavy atom. The molecule has 0 unspecified atom stereocenters. The molecule has 0 bridgehead atoms. The van der Waals surface area contributed by atoms with Crippen molar-refractivity contribution in [2.24, 2.45) is 5.92 Å². The van der Waals surface area contributed by atoms with E-state index in [-0.39, 0.29) is 0 Å². The molecule has 0 saturated carbocycles. The fourth-order valence-corrected chi connectivity index (χ4v) is 2.84. The molecule has 4 nitrogen and oxygen atoms in total. The van der Waals surface area contributed by atoms with Crippen molar-refractivity contribution in [1.29, 1.82) is 0 Å². The van der Waals surface area contributed by atoms with E-state index < -0.39 is 9.84 Å². The fourth-order valence-electron chi connectivity index (χ4n) is 2.25. The van der Waals surface area contributed by atoms with Crippen molar-refractivity contribution in [1.82, 2.24) is 9.80 Å². The van der Waals surface area contributed by atoms with Gasteiger partial charge in [-0.05, 0) is 25.3 Å². The molecule has 0 spiro atoms. The Kier molecular flexibility index (Phi) is 6.60. The van der Waals surface area contributed by atoms with Crippen LogP contribution in [0.4, 0.5) is 0 Å². The van der Waals surface area contributed by atoms with Crippen LogP contribution in [0.3, 0.4) is 0 Å². The number of hydrogen-bond donors (Lipinski definition) is 0. The highest BCUT2D eigenvalue weighted by atomic mass is 32.2. The second-order valence-corrected chi connectivity index (χ2v) is 8.11. The van der Waals surface area contributed by atoms with Crippen LogP contribution in [0.15, 0.2) is 0 Å². The zero-order valence-electron chi connectivity index (χ0n) is 12.1. The molecule has 0 aromatic carbocycles. The normalized spacial score (nSPS) is 19.6. The minimum absolute atomic E-state index is 0.292. The topological polar surface area (TPSA) is 40.6 Å². The number of hydrogen-bond acceptors (Lipinski definition) is 4. The van der Waals surface area contributed by atoms with Gasteiger partial charge in [0.1, 0.15) is 9.84 Å². The lowest BCUT2D eigenvalue weighted by Crippen LogP contribution is -2.47. The highest BCUT2D eigenvalue weighted by molar-refractivity contribution is 7.90. The Morgan fingerprint density at radius 2 is 1.50 bits per heavy atom. The zero-order chi connectivity index (χ0) is 13.6. The lowest BCUT2D eigenvalue weighted by Gasteiger charge is -2.34. The molecule has 0 N–H and O–H groups in total. The number of piperazine rings is 1. The average Bonchev–Trinajstić information content (AvgIpc) is 2.26. The molecule has 0 atom stereocenters. The van der Waals surface area contributed by atoms with Gasteiger partial charge in [0.2, 0.25) is 0 Å². The predicted octanol–water partition coefficient (Wildman–Crippen LogP) is 1.08. The van der Waals surface area contributed by atoms with E-state index in [9.17, 15) is 8.42 Å². The summed E-state index contributed by atoms with van der Waals surface area (Å²) < 4.78 is 22.2. The van der Waals surface area contributed by atoms with E-state index >= 15 is 0 Å². The maximum absolute atomic E-state index is 11.1. The third-order valence-corrected chi connectivity index (χ3v) is 4.42. The molecule has 5 heteroatoms. The van der Waals surface area contributed by atoms with Crippen molar-refractivity contribution in [3.05, 3.63) is 0 Å². The van der Waals surface area contributed by atoms with E-state index in [1.165, 1.54) is 25.6 Å². The van der Waals surface area contributed by atoms with Crippen LogP contribution < -0.4 is 0 Å². The monoisotopic (exact) mass is 276 g/mol. The van der Waals surface area contributed by atoms with E-state index in [4.69, 9.17) is 0 Å². The van der Waals surface area contributed by atoms with Crippen molar-refractivity contribution in [3.8, 4) is 0 Å². The Hall–Kier alpha value is -0.130. The Bertz CT molecular complexity index is 320. The van der Waals surface area contributed by atoms with Crippen LogP contribution in [-0.4, -0.2) is 69.5 Å². The molecule has 0 aromatic heterocycles. The molecule has 108 valence electrons. The maximum atomic E-state index is 11.1. The summed E-state index contributed by atoms with van der Waals surface area (Å²) in [7, 11) is -2.82. The summed E-state index contributed by atoms with van der Waals surface area (Å²) in [4.78, 5) is 4.76. The first kappa shape index (κ1) is 15.9. The minimum atomic E-state index is -2.82. The van der Waals surface area contributed by atoms with Crippen LogP contribution in [-0.2, 0) is 9.84 Å². The molecule has 0 radical (unpaired) electrons. The predicted molar refractivity (Wildman–Crippen MR) is 76.7 cm³/mol. The second-order valence-electron chi connectivity index (χ2n) is 5.85. The number of rotatable bonds is 7. The van der Waals surface area contributed by atoms with E-state index in [0.717, 1.165) is 32.1 Å². The third kappa shape index (κ3) is 7.34. The smallest absolute Gasteiger partial charge is 0.148 e. The van der Waals surface area contributed by atoms with Crippen molar-refractivity contribution >= 4 is 9.84 Å². The standard InChI is InChI=1S/C13H28N2O2S/c1-13(2)5-4-6-14-7-9-15(10-8-14)11-12-18(3,16)17/h13H,4-12H2,1-3H3. The Balaban J connectivity index is 2.13. The lowest BCUT2D eigenvalue weighted by molar-refractivity contribution is 0.135. The summed E-state index contributed by atoms with van der Waals surface area (Å²) in [6.07, 6.45) is 3.89. The van der Waals surface area contributed by atoms with Crippen molar-refractivity contribution in [2.75, 3.05) is 51.3 Å². The van der Waals surface area contributed by atoms with Crippen LogP contribution in [0.2, 0.25) is 0 Å². The van der Waals surface area contributed by atoms with Crippen LogP contribution in [0.5, 0.6) is 0 Å². The molecule has 1 fully saturated rings. The largest absolute Gasteiger partial charge is 0.301 e. The molecule has 18 heavy (non-hydrogen) atoms. The molecule has 1 heterocycles. The van der Waals surface area contributed by atoms with Gasteiger partial charge in [-0.3, -0.25) is 4.90 Å². The van der Waals surface area contributed by atoms with Gasteiger partial charge in [-0.2, -0.15) is 0 Å². The molecular formula is C13H28N2O2S. The summed E-state index contributed by atoms with van der Waals surface area (Å²) >= 11 is 0. The third-order valence-electron chi connectivity index (χ3n) is 3.50. The number of sulfone groups is 1. The molecule has 0 aliphatic carbocycles. The van der Waals surface area contributed by atoms with Crippen LogP contribution in [0.25, 0.3) is 0 Å². The summed E-state index contributed by atoms with van der Waals surface area (Å²) in [6.45, 7) is 10.6. The van der Waals surface area contributed by atoms with Gasteiger partial charge in [-0.15, -0.1) is 0 Å². The van der Waals surface area contributed by atoms with Gasteiger partial charge in [0, 0.05) is 39.0 Å². The summed E-state index contributed by atoms with van der Waals surface area (Å²) in [5.41, 5.74) is 0. The van der Waals surface area contributed by atoms with Gasteiger partial charge < -0.3 is 4.90 Å². The van der Waals surface area contributed by atoms with E-state index in [1.54, 1.807) is 0 Å². The van der Waals surface area contributed by atoms with Gasteiger partial charge in [0.15, 0.2) is 0 Å². The highest BCUT2D eigenvalue weighted by Crippen LogP contribution is 2.07. The van der Waals surface area contributed by atoms with E-state index in [0.29, 0.717) is 12.3 Å². The Labute approximate surface area is 112 Å². The summed E-state index contributed by atoms with van der Waals surface area (Å²) in [6, 6.07) is 0. The van der Waals surface area contributed by atoms with E-state index in [2.05, 4.69) is 23.6 Å². The Morgan fingerprint density at radius 3 is 1.94 bits per heavy atom. The molecule has 0 amide bonds. The SMILES string of the molecule is CC(C)CCCN1CCN(CCS(C)(=O)=O)CC1. The van der Waals surface area contributed by atoms with Crippen LogP contribution in [0.1, 0.15) is 26.7 Å². The van der Waals surface area contributed by atoms with Gasteiger partial charge in [-0.1, -0.05) is 13.8 Å². The highest BCUT2D eigenvalue weighted by Gasteiger charge is 2.17. The first-order chi connectivity index (χ1) is 8.37. The van der Waals surface area contributed by atoms with Crippen LogP contribution >= 0.6 is 0 Å². The molecule has 1 saturated heterocycles. The lowest BCUT2D eigenvalue weighted by atomic mass is 10.1. The molecule has 1 aliphatic heterocycles. The maximum Gasteiger partial charge on any atom is 0.148 e. The average molecular weight is 276 g/mol. The van der Waals surface area contributed by atoms with Crippen LogP contribution in [0, 0.1) is 5.92 Å². The van der Waals surface area contributed by atoms with Crippen molar-refractivity contribution in [2.45, 2.75) is 26.7 Å². The van der Waals surface area contributed by atoms with Gasteiger partial charge in [0.05, 0.1) is 5.75 Å². The van der Waals surface area contributed by atoms with Gasteiger partial charge in [0.25, 0.3) is 0 Å². The molecule has 1 aliphatic rings. The molecule has 1 rings (SSSR count). The first-order valence-electron chi connectivity index (χ1n) is 6.99. The van der Waals surface area contributed by atoms with Crippen molar-refractivity contribution < 1.29 is 8.42 Å². The zero-order valence-corrected chi connectivity index (χ0v) is 12.9. The fraction of sp³-hybridized carbons (Fsp3) is 1.00. The van der Waals surface area contributed by atoms with Gasteiger partial charge >= 0.3 is 0 Å². The first-order valence-corrected chi connectivity index (χ1v) is 9.05. The second kappa shape index (κ2) is 7.46. The minimum Gasteiger partial charge on any atom is -0.301 e.